The molecule has 2 rings (SSSR count). The Balaban J connectivity index is 2.02. The Hall–Kier alpha value is -1.05. The molecule has 2 heterocycles. The molecule has 0 spiro atoms. The van der Waals surface area contributed by atoms with Gasteiger partial charge in [-0.3, -0.25) is 10.1 Å². The highest BCUT2D eigenvalue weighted by Gasteiger charge is 2.38. The number of nitrogens with two attached hydrogens (primary N) is 1. The van der Waals surface area contributed by atoms with Gasteiger partial charge in [-0.25, -0.2) is 0 Å². The second-order valence-electron chi connectivity index (χ2n) is 3.16. The number of aromatic nitrogens is 2. The molecule has 0 saturated carbocycles. The lowest BCUT2D eigenvalue weighted by Gasteiger charge is -2.19. The highest BCUT2D eigenvalue weighted by molar-refractivity contribution is 7.13. The lowest BCUT2D eigenvalue weighted by atomic mass is 10.00. The number of ether oxygens (including phenoxy) is 1. The Bertz CT molecular complexity index is 320. The van der Waals surface area contributed by atoms with Crippen molar-refractivity contribution in [2.45, 2.75) is 12.0 Å². The minimum Gasteiger partial charge on any atom is -0.379 e. The van der Waals surface area contributed by atoms with Gasteiger partial charge in [0.25, 0.3) is 0 Å². The van der Waals surface area contributed by atoms with Crippen molar-refractivity contribution in [3.05, 3.63) is 5.51 Å². The fraction of sp³-hybridized carbons (Fsp3) is 0.571. The molecule has 0 aliphatic carbocycles. The first-order chi connectivity index (χ1) is 6.71. The van der Waals surface area contributed by atoms with E-state index in [2.05, 4.69) is 15.5 Å². The van der Waals surface area contributed by atoms with E-state index in [0.717, 1.165) is 0 Å². The van der Waals surface area contributed by atoms with Gasteiger partial charge >= 0.3 is 0 Å². The topological polar surface area (TPSA) is 90.1 Å². The van der Waals surface area contributed by atoms with Gasteiger partial charge in [-0.1, -0.05) is 11.3 Å². The van der Waals surface area contributed by atoms with Gasteiger partial charge in [0.15, 0.2) is 0 Å². The molecular formula is C7H10N4O2S. The molecule has 1 aliphatic rings. The normalized spacial score (nSPS) is 26.4. The lowest BCUT2D eigenvalue weighted by molar-refractivity contribution is -0.121. The summed E-state index contributed by atoms with van der Waals surface area (Å²) in [5, 5.41) is 10.4. The summed E-state index contributed by atoms with van der Waals surface area (Å²) < 4.78 is 5.08. The number of carbonyl (C=O) groups excluding carboxylic acids is 1. The fourth-order valence-corrected chi connectivity index (χ4v) is 1.65. The Kier molecular flexibility index (Phi) is 2.44. The van der Waals surface area contributed by atoms with Crippen LogP contribution in [0.3, 0.4) is 0 Å². The van der Waals surface area contributed by atoms with Gasteiger partial charge in [-0.2, -0.15) is 0 Å². The Morgan fingerprint density at radius 2 is 2.64 bits per heavy atom. The fourth-order valence-electron chi connectivity index (χ4n) is 1.21. The second-order valence-corrected chi connectivity index (χ2v) is 3.99. The van der Waals surface area contributed by atoms with Crippen molar-refractivity contribution in [2.75, 3.05) is 18.5 Å². The first-order valence-corrected chi connectivity index (χ1v) is 5.03. The Morgan fingerprint density at radius 1 is 1.79 bits per heavy atom. The molecule has 3 N–H and O–H groups in total. The monoisotopic (exact) mass is 214 g/mol. The van der Waals surface area contributed by atoms with Crippen molar-refractivity contribution in [1.82, 2.24) is 10.2 Å². The molecule has 0 radical (unpaired) electrons. The molecular weight excluding hydrogens is 204 g/mol. The number of nitrogens with one attached hydrogen (secondary N) is 1. The molecule has 1 fully saturated rings. The van der Waals surface area contributed by atoms with Gasteiger partial charge in [0.2, 0.25) is 11.0 Å². The average molecular weight is 214 g/mol. The van der Waals surface area contributed by atoms with Crippen LogP contribution in [0.5, 0.6) is 0 Å². The van der Waals surface area contributed by atoms with Gasteiger partial charge in [0.05, 0.1) is 6.61 Å². The van der Waals surface area contributed by atoms with E-state index in [0.29, 0.717) is 18.2 Å². The molecule has 6 nitrogen and oxygen atoms in total. The molecule has 7 heteroatoms. The number of rotatable bonds is 2. The summed E-state index contributed by atoms with van der Waals surface area (Å²) in [5.41, 5.74) is 6.47. The third kappa shape index (κ3) is 1.74. The van der Waals surface area contributed by atoms with E-state index in [1.54, 1.807) is 5.51 Å². The van der Waals surface area contributed by atoms with Crippen molar-refractivity contribution in [1.29, 1.82) is 0 Å². The second kappa shape index (κ2) is 3.60. The van der Waals surface area contributed by atoms with Crippen LogP contribution in [-0.2, 0) is 9.53 Å². The van der Waals surface area contributed by atoms with E-state index in [1.807, 2.05) is 0 Å². The van der Waals surface area contributed by atoms with Crippen LogP contribution in [0, 0.1) is 0 Å². The zero-order valence-electron chi connectivity index (χ0n) is 7.40. The average Bonchev–Trinajstić information content (AvgIpc) is 2.76. The van der Waals surface area contributed by atoms with Crippen molar-refractivity contribution in [3.63, 3.8) is 0 Å². The molecule has 0 aromatic carbocycles. The molecule has 1 amide bonds. The standard InChI is InChI=1S/C7H10N4O2S/c8-7(1-2-13-3-7)5(12)10-6-11-9-4-14-6/h4H,1-3,8H2,(H,10,11,12). The van der Waals surface area contributed by atoms with Crippen molar-refractivity contribution >= 4 is 22.4 Å². The molecule has 1 aromatic rings. The summed E-state index contributed by atoms with van der Waals surface area (Å²) in [6.07, 6.45) is 0.539. The summed E-state index contributed by atoms with van der Waals surface area (Å²) in [6, 6.07) is 0. The van der Waals surface area contributed by atoms with Gasteiger partial charge < -0.3 is 10.5 Å². The smallest absolute Gasteiger partial charge is 0.248 e. The van der Waals surface area contributed by atoms with Crippen LogP contribution in [0.1, 0.15) is 6.42 Å². The maximum Gasteiger partial charge on any atom is 0.248 e. The van der Waals surface area contributed by atoms with Crippen LogP contribution in [0.15, 0.2) is 5.51 Å². The van der Waals surface area contributed by atoms with Crippen LogP contribution < -0.4 is 11.1 Å². The van der Waals surface area contributed by atoms with Crippen molar-refractivity contribution in [2.24, 2.45) is 5.73 Å². The highest BCUT2D eigenvalue weighted by atomic mass is 32.1. The summed E-state index contributed by atoms with van der Waals surface area (Å²) in [4.78, 5) is 11.7. The third-order valence-corrected chi connectivity index (χ3v) is 2.69. The summed E-state index contributed by atoms with van der Waals surface area (Å²) in [5.74, 6) is -0.258. The van der Waals surface area contributed by atoms with Crippen molar-refractivity contribution in [3.8, 4) is 0 Å². The summed E-state index contributed by atoms with van der Waals surface area (Å²) >= 11 is 1.26. The molecule has 1 atom stereocenters. The molecule has 14 heavy (non-hydrogen) atoms. The van der Waals surface area contributed by atoms with Gasteiger partial charge in [-0.05, 0) is 6.42 Å². The van der Waals surface area contributed by atoms with E-state index < -0.39 is 5.54 Å². The molecule has 1 saturated heterocycles. The SMILES string of the molecule is NC1(C(=O)Nc2nncs2)CCOC1. The van der Waals surface area contributed by atoms with Gasteiger partial charge in [0, 0.05) is 6.61 Å². The minimum absolute atomic E-state index is 0.258. The molecule has 1 aliphatic heterocycles. The number of anilines is 1. The summed E-state index contributed by atoms with van der Waals surface area (Å²) in [7, 11) is 0. The molecule has 0 bridgehead atoms. The predicted molar refractivity (Wildman–Crippen MR) is 50.9 cm³/mol. The van der Waals surface area contributed by atoms with Gasteiger partial charge in [-0.15, -0.1) is 10.2 Å². The quantitative estimate of drug-likeness (QED) is 0.698. The minimum atomic E-state index is -0.911. The number of hydrogen-bond acceptors (Lipinski definition) is 6. The van der Waals surface area contributed by atoms with E-state index in [4.69, 9.17) is 10.5 Å². The Morgan fingerprint density at radius 3 is 3.21 bits per heavy atom. The zero-order valence-corrected chi connectivity index (χ0v) is 8.21. The molecule has 1 unspecified atom stereocenters. The van der Waals surface area contributed by atoms with E-state index >= 15 is 0 Å². The maximum absolute atomic E-state index is 11.7. The molecule has 76 valence electrons. The number of hydrogen-bond donors (Lipinski definition) is 2. The van der Waals surface area contributed by atoms with Crippen LogP contribution in [-0.4, -0.2) is 34.9 Å². The van der Waals surface area contributed by atoms with Crippen LogP contribution in [0.4, 0.5) is 5.13 Å². The van der Waals surface area contributed by atoms with Crippen LogP contribution >= 0.6 is 11.3 Å². The molecule has 1 aromatic heterocycles. The lowest BCUT2D eigenvalue weighted by Crippen LogP contribution is -2.51. The van der Waals surface area contributed by atoms with Crippen LogP contribution in [0.2, 0.25) is 0 Å². The predicted octanol–water partition coefficient (Wildman–Crippen LogP) is -0.406. The largest absolute Gasteiger partial charge is 0.379 e. The van der Waals surface area contributed by atoms with E-state index in [1.165, 1.54) is 11.3 Å². The Labute approximate surface area is 84.5 Å². The zero-order chi connectivity index (χ0) is 10.0. The summed E-state index contributed by atoms with van der Waals surface area (Å²) in [6.45, 7) is 0.789. The first-order valence-electron chi connectivity index (χ1n) is 4.15. The number of nitrogens with zero attached hydrogens (tertiary/aromatic N) is 2. The van der Waals surface area contributed by atoms with E-state index in [9.17, 15) is 4.79 Å². The third-order valence-electron chi connectivity index (χ3n) is 2.08. The first kappa shape index (κ1) is 9.50. The maximum atomic E-state index is 11.7. The highest BCUT2D eigenvalue weighted by Crippen LogP contribution is 2.18. The number of amides is 1. The van der Waals surface area contributed by atoms with Crippen molar-refractivity contribution < 1.29 is 9.53 Å². The van der Waals surface area contributed by atoms with E-state index in [-0.39, 0.29) is 12.5 Å². The number of carbonyl (C=O) groups is 1. The van der Waals surface area contributed by atoms with Gasteiger partial charge in [0.1, 0.15) is 11.0 Å². The van der Waals surface area contributed by atoms with Crippen LogP contribution in [0.25, 0.3) is 0 Å².